The lowest BCUT2D eigenvalue weighted by molar-refractivity contribution is -0.136. The van der Waals surface area contributed by atoms with E-state index in [1.165, 1.54) is 30.3 Å². The zero-order valence-corrected chi connectivity index (χ0v) is 11.8. The van der Waals surface area contributed by atoms with Crippen LogP contribution in [0.3, 0.4) is 0 Å². The van der Waals surface area contributed by atoms with Crippen molar-refractivity contribution in [2.75, 3.05) is 5.32 Å². The number of alkyl halides is 3. The molecule has 2 aromatic carbocycles. The minimum atomic E-state index is -4.57. The summed E-state index contributed by atoms with van der Waals surface area (Å²) < 4.78 is 39.0. The van der Waals surface area contributed by atoms with Gasteiger partial charge in [0.2, 0.25) is 0 Å². The van der Waals surface area contributed by atoms with Gasteiger partial charge in [-0.05, 0) is 30.3 Å². The van der Waals surface area contributed by atoms with Crippen LogP contribution in [0.1, 0.15) is 11.1 Å². The lowest BCUT2D eigenvalue weighted by atomic mass is 10.1. The van der Waals surface area contributed by atoms with E-state index in [1.54, 1.807) is 0 Å². The third-order valence-electron chi connectivity index (χ3n) is 2.68. The van der Waals surface area contributed by atoms with Gasteiger partial charge in [-0.2, -0.15) is 18.4 Å². The fourth-order valence-electron chi connectivity index (χ4n) is 1.75. The number of nitriles is 1. The van der Waals surface area contributed by atoms with Crippen molar-refractivity contribution in [3.8, 4) is 6.07 Å². The standard InChI is InChI=1S/C14H7Cl2F3N2/c15-8-4-5-13(10(6-8)14(17,18)19)21-12-3-1-2-11(16)9(12)7-20/h1-6,21H. The molecule has 1 N–H and O–H groups in total. The first-order chi connectivity index (χ1) is 9.82. The fraction of sp³-hybridized carbons (Fsp3) is 0.0714. The minimum absolute atomic E-state index is 0.0283. The second-order valence-corrected chi connectivity index (χ2v) is 4.93. The molecule has 2 aromatic rings. The minimum Gasteiger partial charge on any atom is -0.354 e. The predicted octanol–water partition coefficient (Wildman–Crippen LogP) is 5.63. The first kappa shape index (κ1) is 15.5. The molecule has 0 bridgehead atoms. The summed E-state index contributed by atoms with van der Waals surface area (Å²) in [4.78, 5) is 0. The van der Waals surface area contributed by atoms with Crippen molar-refractivity contribution >= 4 is 34.6 Å². The highest BCUT2D eigenvalue weighted by Crippen LogP contribution is 2.38. The van der Waals surface area contributed by atoms with Gasteiger partial charge in [0.15, 0.2) is 0 Å². The summed E-state index contributed by atoms with van der Waals surface area (Å²) in [7, 11) is 0. The molecule has 0 radical (unpaired) electrons. The summed E-state index contributed by atoms with van der Waals surface area (Å²) in [5.41, 5.74) is -0.857. The molecule has 0 heterocycles. The zero-order chi connectivity index (χ0) is 15.6. The number of nitrogens with zero attached hydrogens (tertiary/aromatic N) is 1. The van der Waals surface area contributed by atoms with Crippen molar-refractivity contribution in [1.29, 1.82) is 5.26 Å². The van der Waals surface area contributed by atoms with Crippen molar-refractivity contribution in [1.82, 2.24) is 0 Å². The Morgan fingerprint density at radius 2 is 1.76 bits per heavy atom. The van der Waals surface area contributed by atoms with Gasteiger partial charge in [0.05, 0.1) is 27.5 Å². The van der Waals surface area contributed by atoms with E-state index in [0.29, 0.717) is 0 Å². The average Bonchev–Trinajstić information content (AvgIpc) is 2.40. The molecule has 7 heteroatoms. The summed E-state index contributed by atoms with van der Waals surface area (Å²) in [6.45, 7) is 0. The number of hydrogen-bond donors (Lipinski definition) is 1. The van der Waals surface area contributed by atoms with E-state index in [9.17, 15) is 13.2 Å². The lowest BCUT2D eigenvalue weighted by Gasteiger charge is -2.16. The number of rotatable bonds is 2. The Kier molecular flexibility index (Phi) is 4.31. The van der Waals surface area contributed by atoms with Crippen LogP contribution >= 0.6 is 23.2 Å². The summed E-state index contributed by atoms with van der Waals surface area (Å²) in [5.74, 6) is 0. The molecule has 0 spiro atoms. The SMILES string of the molecule is N#Cc1c(Cl)cccc1Nc1ccc(Cl)cc1C(F)(F)F. The van der Waals surface area contributed by atoms with Gasteiger partial charge in [-0.25, -0.2) is 0 Å². The summed E-state index contributed by atoms with van der Waals surface area (Å²) >= 11 is 11.5. The molecule has 108 valence electrons. The smallest absolute Gasteiger partial charge is 0.354 e. The number of halogens is 5. The third-order valence-corrected chi connectivity index (χ3v) is 3.23. The van der Waals surface area contributed by atoms with Gasteiger partial charge >= 0.3 is 6.18 Å². The van der Waals surface area contributed by atoms with Crippen LogP contribution in [0.4, 0.5) is 24.5 Å². The summed E-state index contributed by atoms with van der Waals surface area (Å²) in [6, 6.07) is 9.69. The van der Waals surface area contributed by atoms with Gasteiger partial charge < -0.3 is 5.32 Å². The molecular formula is C14H7Cl2F3N2. The molecule has 0 saturated carbocycles. The molecule has 0 saturated heterocycles. The predicted molar refractivity (Wildman–Crippen MR) is 75.9 cm³/mol. The van der Waals surface area contributed by atoms with E-state index in [1.807, 2.05) is 6.07 Å². The van der Waals surface area contributed by atoms with E-state index in [-0.39, 0.29) is 27.0 Å². The topological polar surface area (TPSA) is 35.8 Å². The number of benzene rings is 2. The van der Waals surface area contributed by atoms with Gasteiger partial charge in [0, 0.05) is 5.02 Å². The Labute approximate surface area is 128 Å². The van der Waals surface area contributed by atoms with Gasteiger partial charge in [-0.1, -0.05) is 29.3 Å². The van der Waals surface area contributed by atoms with Crippen molar-refractivity contribution in [2.24, 2.45) is 0 Å². The molecule has 0 amide bonds. The summed E-state index contributed by atoms with van der Waals surface area (Å²) in [5, 5.41) is 11.7. The van der Waals surface area contributed by atoms with Crippen LogP contribution in [0.2, 0.25) is 10.0 Å². The molecule has 0 aliphatic rings. The van der Waals surface area contributed by atoms with Crippen molar-refractivity contribution in [3.63, 3.8) is 0 Å². The van der Waals surface area contributed by atoms with Gasteiger partial charge in [0.25, 0.3) is 0 Å². The van der Waals surface area contributed by atoms with Crippen molar-refractivity contribution in [3.05, 3.63) is 57.6 Å². The highest BCUT2D eigenvalue weighted by atomic mass is 35.5. The van der Waals surface area contributed by atoms with Crippen molar-refractivity contribution in [2.45, 2.75) is 6.18 Å². The highest BCUT2D eigenvalue weighted by Gasteiger charge is 2.34. The lowest BCUT2D eigenvalue weighted by Crippen LogP contribution is -2.09. The number of nitrogens with one attached hydrogen (secondary N) is 1. The molecule has 0 aliphatic carbocycles. The molecule has 21 heavy (non-hydrogen) atoms. The Morgan fingerprint density at radius 1 is 1.05 bits per heavy atom. The molecule has 0 unspecified atom stereocenters. The van der Waals surface area contributed by atoms with Crippen LogP contribution in [0.5, 0.6) is 0 Å². The molecule has 0 atom stereocenters. The van der Waals surface area contributed by atoms with Crippen LogP contribution in [-0.4, -0.2) is 0 Å². The second-order valence-electron chi connectivity index (χ2n) is 4.09. The fourth-order valence-corrected chi connectivity index (χ4v) is 2.14. The quantitative estimate of drug-likeness (QED) is 0.774. The van der Waals surface area contributed by atoms with E-state index in [4.69, 9.17) is 28.5 Å². The largest absolute Gasteiger partial charge is 0.418 e. The first-order valence-electron chi connectivity index (χ1n) is 5.65. The van der Waals surface area contributed by atoms with E-state index in [0.717, 1.165) is 6.07 Å². The molecule has 0 fully saturated rings. The first-order valence-corrected chi connectivity index (χ1v) is 6.41. The molecular weight excluding hydrogens is 324 g/mol. The Balaban J connectivity index is 2.51. The maximum absolute atomic E-state index is 13.0. The monoisotopic (exact) mass is 330 g/mol. The Morgan fingerprint density at radius 3 is 2.38 bits per heavy atom. The third kappa shape index (κ3) is 3.41. The summed E-state index contributed by atoms with van der Waals surface area (Å²) in [6.07, 6.45) is -4.57. The molecule has 0 aliphatic heterocycles. The molecule has 2 nitrogen and oxygen atoms in total. The zero-order valence-electron chi connectivity index (χ0n) is 10.3. The van der Waals surface area contributed by atoms with E-state index >= 15 is 0 Å². The number of anilines is 2. The molecule has 2 rings (SSSR count). The van der Waals surface area contributed by atoms with E-state index < -0.39 is 11.7 Å². The molecule has 0 aromatic heterocycles. The highest BCUT2D eigenvalue weighted by molar-refractivity contribution is 6.32. The van der Waals surface area contributed by atoms with E-state index in [2.05, 4.69) is 5.32 Å². The van der Waals surface area contributed by atoms with Gasteiger partial charge in [-0.3, -0.25) is 0 Å². The number of hydrogen-bond acceptors (Lipinski definition) is 2. The average molecular weight is 331 g/mol. The normalized spacial score (nSPS) is 11.0. The maximum Gasteiger partial charge on any atom is 0.418 e. The Bertz CT molecular complexity index is 721. The Hall–Kier alpha value is -1.90. The van der Waals surface area contributed by atoms with Crippen molar-refractivity contribution < 1.29 is 13.2 Å². The van der Waals surface area contributed by atoms with Gasteiger partial charge in [0.1, 0.15) is 6.07 Å². The van der Waals surface area contributed by atoms with Crippen LogP contribution in [0.25, 0.3) is 0 Å². The van der Waals surface area contributed by atoms with Crippen LogP contribution in [-0.2, 0) is 6.18 Å². The van der Waals surface area contributed by atoms with Gasteiger partial charge in [-0.15, -0.1) is 0 Å². The van der Waals surface area contributed by atoms with Crippen LogP contribution in [0, 0.1) is 11.3 Å². The van der Waals surface area contributed by atoms with Crippen LogP contribution < -0.4 is 5.32 Å². The van der Waals surface area contributed by atoms with Crippen LogP contribution in [0.15, 0.2) is 36.4 Å². The maximum atomic E-state index is 13.0. The second kappa shape index (κ2) is 5.84.